The minimum atomic E-state index is -2.23. The molecule has 1 N–H and O–H groups in total. The largest absolute Gasteiger partial charge is 0.397 e. The summed E-state index contributed by atoms with van der Waals surface area (Å²) in [5.74, 6) is 0.449. The van der Waals surface area contributed by atoms with Crippen LogP contribution in [0, 0.1) is 5.41 Å². The third-order valence-electron chi connectivity index (χ3n) is 6.51. The van der Waals surface area contributed by atoms with Gasteiger partial charge in [-0.1, -0.05) is 163 Å². The van der Waals surface area contributed by atoms with Crippen LogP contribution < -0.4 is 10.4 Å². The van der Waals surface area contributed by atoms with Gasteiger partial charge in [0.25, 0.3) is 0 Å². The minimum Gasteiger partial charge on any atom is -0.397 e. The molecule has 0 aromatic heterocycles. The lowest BCUT2D eigenvalue weighted by Gasteiger charge is -2.38. The first-order valence-electron chi connectivity index (χ1n) is 13.5. The van der Waals surface area contributed by atoms with Crippen molar-refractivity contribution in [3.8, 4) is 0 Å². The van der Waals surface area contributed by atoms with Crippen molar-refractivity contribution in [1.82, 2.24) is 0 Å². The highest BCUT2D eigenvalue weighted by Crippen LogP contribution is 2.40. The van der Waals surface area contributed by atoms with E-state index in [4.69, 9.17) is 16.2 Å². The Hall–Kier alpha value is -2.36. The molecule has 0 saturated heterocycles. The third-order valence-corrected chi connectivity index (χ3v) is 13.8. The van der Waals surface area contributed by atoms with E-state index in [1.807, 2.05) is 12.1 Å². The molecule has 0 atom stereocenters. The zero-order valence-electron chi connectivity index (χ0n) is 24.6. The maximum absolute atomic E-state index is 7.57. The van der Waals surface area contributed by atoms with Gasteiger partial charge in [-0.3, -0.25) is 0 Å². The van der Waals surface area contributed by atoms with Crippen LogP contribution in [0.2, 0.25) is 5.04 Å². The van der Waals surface area contributed by atoms with Gasteiger partial charge in [0.15, 0.2) is 0 Å². The Morgan fingerprint density at radius 2 is 0.846 bits per heavy atom. The van der Waals surface area contributed by atoms with Crippen LogP contribution in [0.3, 0.4) is 0 Å². The number of hydrogen-bond donors (Lipinski definition) is 1. The summed E-state index contributed by atoms with van der Waals surface area (Å²) in [5.41, 5.74) is 3.01. The highest BCUT2D eigenvalue weighted by Gasteiger charge is 2.46. The quantitative estimate of drug-likeness (QED) is 0.188. The molecule has 39 heavy (non-hydrogen) atoms. The first-order chi connectivity index (χ1) is 18.0. The second-order valence-electron chi connectivity index (χ2n) is 11.6. The van der Waals surface area contributed by atoms with E-state index in [2.05, 4.69) is 151 Å². The van der Waals surface area contributed by atoms with Gasteiger partial charge >= 0.3 is 0 Å². The molecule has 0 saturated carbocycles. The van der Waals surface area contributed by atoms with Crippen LogP contribution in [0.4, 0.5) is 0 Å². The van der Waals surface area contributed by atoms with Gasteiger partial charge in [0.2, 0.25) is 7.38 Å². The van der Waals surface area contributed by atoms with E-state index in [1.165, 1.54) is 21.5 Å². The summed E-state index contributed by atoms with van der Waals surface area (Å²) in [6.45, 7) is 15.6. The first kappa shape index (κ1) is 34.7. The fourth-order valence-electron chi connectivity index (χ4n) is 4.85. The fraction of sp³-hybridized carbons (Fsp3) is 0.314. The smallest absolute Gasteiger partial charge is 0.222 e. The summed E-state index contributed by atoms with van der Waals surface area (Å²) >= 11 is 7.21. The van der Waals surface area contributed by atoms with Gasteiger partial charge in [-0.2, -0.15) is 11.1 Å². The molecule has 4 heteroatoms. The Kier molecular flexibility index (Phi) is 14.3. The first-order valence-corrected chi connectivity index (χ1v) is 16.5. The zero-order valence-corrected chi connectivity index (χ0v) is 27.1. The highest BCUT2D eigenvalue weighted by atomic mass is 35.6. The van der Waals surface area contributed by atoms with Gasteiger partial charge in [0, 0.05) is 12.5 Å². The Morgan fingerprint density at radius 3 is 1.08 bits per heavy atom. The Balaban J connectivity index is 0.000000347. The molecule has 4 aromatic carbocycles. The predicted molar refractivity (Wildman–Crippen MR) is 178 cm³/mol. The van der Waals surface area contributed by atoms with Crippen LogP contribution in [0.25, 0.3) is 0 Å². The predicted octanol–water partition coefficient (Wildman–Crippen LogP) is 9.07. The number of aliphatic hydroxyl groups excluding tert-OH is 1. The standard InChI is InChI=1S/C17H20.C16H19ClSi.C2H6O.ClH/c1-17(2,3)16(14-10-6-4-7-11-14)15-12-8-5-9-13-15;1-16(2,3)18(17,14-10-6-4-7-11-14)15-12-8-5-9-13-15;1-2-3;/h4-13,16H,1-3H3;4-13H,1-3H3;3H,2H2,1H3;1H. The number of halogens is 2. The Bertz CT molecular complexity index is 1090. The number of aliphatic hydroxyl groups is 1. The van der Waals surface area contributed by atoms with E-state index < -0.39 is 7.38 Å². The summed E-state index contributed by atoms with van der Waals surface area (Å²) in [4.78, 5) is 0. The molecule has 0 radical (unpaired) electrons. The molecule has 4 rings (SSSR count). The van der Waals surface area contributed by atoms with E-state index >= 15 is 0 Å². The van der Waals surface area contributed by atoms with Crippen LogP contribution in [0.1, 0.15) is 65.5 Å². The summed E-state index contributed by atoms with van der Waals surface area (Å²) in [5, 5.41) is 10.2. The second-order valence-corrected chi connectivity index (χ2v) is 17.2. The molecule has 210 valence electrons. The van der Waals surface area contributed by atoms with Gasteiger partial charge in [-0.05, 0) is 38.9 Å². The van der Waals surface area contributed by atoms with Crippen LogP contribution >= 0.6 is 23.5 Å². The average molecular weight is 582 g/mol. The van der Waals surface area contributed by atoms with Crippen molar-refractivity contribution in [2.45, 2.75) is 59.4 Å². The molecule has 0 aliphatic heterocycles. The molecule has 0 aliphatic carbocycles. The van der Waals surface area contributed by atoms with E-state index in [0.717, 1.165) is 0 Å². The van der Waals surface area contributed by atoms with E-state index in [1.54, 1.807) is 6.92 Å². The van der Waals surface area contributed by atoms with Crippen molar-refractivity contribution in [1.29, 1.82) is 0 Å². The summed E-state index contributed by atoms with van der Waals surface area (Å²) < 4.78 is 0. The van der Waals surface area contributed by atoms with Crippen molar-refractivity contribution in [2.24, 2.45) is 5.41 Å². The molecular formula is C35H46Cl2OSi. The molecular weight excluding hydrogens is 535 g/mol. The number of hydrogen-bond acceptors (Lipinski definition) is 1. The van der Waals surface area contributed by atoms with Gasteiger partial charge in [-0.25, -0.2) is 0 Å². The minimum absolute atomic E-state index is 0. The molecule has 4 aromatic rings. The molecule has 0 fully saturated rings. The lowest BCUT2D eigenvalue weighted by atomic mass is 9.73. The average Bonchev–Trinajstić information content (AvgIpc) is 2.90. The van der Waals surface area contributed by atoms with Crippen molar-refractivity contribution in [3.63, 3.8) is 0 Å². The lowest BCUT2D eigenvalue weighted by Crippen LogP contribution is -2.59. The highest BCUT2D eigenvalue weighted by molar-refractivity contribution is 7.35. The van der Waals surface area contributed by atoms with Crippen molar-refractivity contribution >= 4 is 41.2 Å². The normalized spacial score (nSPS) is 11.3. The maximum atomic E-state index is 7.57. The SMILES string of the molecule is CC(C)(C)C(c1ccccc1)c1ccccc1.CC(C)(C)[Si](Cl)(c1ccccc1)c1ccccc1.CCO.Cl. The molecule has 0 heterocycles. The van der Waals surface area contributed by atoms with Crippen molar-refractivity contribution in [3.05, 3.63) is 132 Å². The van der Waals surface area contributed by atoms with Crippen LogP contribution in [0.5, 0.6) is 0 Å². The van der Waals surface area contributed by atoms with Gasteiger partial charge < -0.3 is 5.11 Å². The van der Waals surface area contributed by atoms with Crippen LogP contribution in [-0.2, 0) is 0 Å². The molecule has 0 aliphatic rings. The van der Waals surface area contributed by atoms with Gasteiger partial charge in [0.05, 0.1) is 0 Å². The van der Waals surface area contributed by atoms with Crippen molar-refractivity contribution < 1.29 is 5.11 Å². The number of rotatable bonds is 4. The third kappa shape index (κ3) is 9.65. The van der Waals surface area contributed by atoms with Crippen LogP contribution in [-0.4, -0.2) is 19.1 Å². The van der Waals surface area contributed by atoms with Crippen LogP contribution in [0.15, 0.2) is 121 Å². The molecule has 0 unspecified atom stereocenters. The molecule has 0 amide bonds. The van der Waals surface area contributed by atoms with Gasteiger partial charge in [-0.15, -0.1) is 12.4 Å². The second kappa shape index (κ2) is 16.0. The molecule has 1 nitrogen and oxygen atoms in total. The molecule has 0 bridgehead atoms. The summed E-state index contributed by atoms with van der Waals surface area (Å²) in [7, 11) is -2.23. The van der Waals surface area contributed by atoms with Crippen molar-refractivity contribution in [2.75, 3.05) is 6.61 Å². The van der Waals surface area contributed by atoms with E-state index in [9.17, 15) is 0 Å². The lowest BCUT2D eigenvalue weighted by molar-refractivity contribution is 0.318. The van der Waals surface area contributed by atoms with E-state index in [0.29, 0.717) is 5.92 Å². The van der Waals surface area contributed by atoms with E-state index in [-0.39, 0.29) is 29.5 Å². The number of benzene rings is 4. The fourth-order valence-corrected chi connectivity index (χ4v) is 8.98. The summed E-state index contributed by atoms with van der Waals surface area (Å²) in [6, 6.07) is 42.6. The zero-order chi connectivity index (χ0) is 28.2. The Labute approximate surface area is 249 Å². The van der Waals surface area contributed by atoms with Gasteiger partial charge in [0.1, 0.15) is 0 Å². The topological polar surface area (TPSA) is 20.2 Å². The Morgan fingerprint density at radius 1 is 0.590 bits per heavy atom. The maximum Gasteiger partial charge on any atom is 0.222 e. The summed E-state index contributed by atoms with van der Waals surface area (Å²) in [6.07, 6.45) is 0. The monoisotopic (exact) mass is 580 g/mol. The molecule has 0 spiro atoms.